The predicted molar refractivity (Wildman–Crippen MR) is 86.9 cm³/mol. The van der Waals surface area contributed by atoms with Crippen LogP contribution in [0.25, 0.3) is 0 Å². The molecule has 4 nitrogen and oxygen atoms in total. The molecule has 1 aliphatic carbocycles. The van der Waals surface area contributed by atoms with E-state index in [4.69, 9.17) is 0 Å². The van der Waals surface area contributed by atoms with Crippen LogP contribution < -0.4 is 5.32 Å². The standard InChI is InChI=1S/C19H19NO3/c21-17(12-15-11-16(15)13-7-3-1-4-8-13)20-18(19(22)23)14-9-5-2-6-10-14/h1-10,15-16,18H,11-12H2,(H,20,21)(H,22,23)/t15-,16-,18-/m0/s1. The Balaban J connectivity index is 1.58. The molecule has 23 heavy (non-hydrogen) atoms. The van der Waals surface area contributed by atoms with Crippen LogP contribution in [0, 0.1) is 5.92 Å². The smallest absolute Gasteiger partial charge is 0.330 e. The highest BCUT2D eigenvalue weighted by Crippen LogP contribution is 2.49. The van der Waals surface area contributed by atoms with E-state index in [9.17, 15) is 14.7 Å². The Morgan fingerprint density at radius 2 is 1.65 bits per heavy atom. The first-order valence-electron chi connectivity index (χ1n) is 7.77. The van der Waals surface area contributed by atoms with Gasteiger partial charge in [-0.1, -0.05) is 60.7 Å². The highest BCUT2D eigenvalue weighted by Gasteiger charge is 2.39. The van der Waals surface area contributed by atoms with Crippen molar-refractivity contribution in [3.05, 3.63) is 71.8 Å². The van der Waals surface area contributed by atoms with E-state index in [0.29, 0.717) is 23.8 Å². The van der Waals surface area contributed by atoms with Gasteiger partial charge in [-0.3, -0.25) is 4.79 Å². The highest BCUT2D eigenvalue weighted by atomic mass is 16.4. The number of carbonyl (C=O) groups excluding carboxylic acids is 1. The van der Waals surface area contributed by atoms with Crippen molar-refractivity contribution in [1.29, 1.82) is 0 Å². The van der Waals surface area contributed by atoms with Gasteiger partial charge in [-0.05, 0) is 29.4 Å². The van der Waals surface area contributed by atoms with E-state index in [-0.39, 0.29) is 5.91 Å². The molecule has 0 spiro atoms. The van der Waals surface area contributed by atoms with E-state index >= 15 is 0 Å². The van der Waals surface area contributed by atoms with Gasteiger partial charge in [-0.25, -0.2) is 4.79 Å². The van der Waals surface area contributed by atoms with E-state index in [1.807, 2.05) is 24.3 Å². The van der Waals surface area contributed by atoms with Gasteiger partial charge in [0.1, 0.15) is 0 Å². The van der Waals surface area contributed by atoms with Crippen molar-refractivity contribution in [2.45, 2.75) is 24.8 Å². The molecule has 3 atom stereocenters. The number of hydrogen-bond donors (Lipinski definition) is 2. The fourth-order valence-corrected chi connectivity index (χ4v) is 2.97. The fourth-order valence-electron chi connectivity index (χ4n) is 2.97. The van der Waals surface area contributed by atoms with E-state index in [2.05, 4.69) is 17.4 Å². The normalized spacial score (nSPS) is 20.5. The largest absolute Gasteiger partial charge is 0.479 e. The van der Waals surface area contributed by atoms with Gasteiger partial charge in [0, 0.05) is 6.42 Å². The summed E-state index contributed by atoms with van der Waals surface area (Å²) in [5, 5.41) is 12.0. The summed E-state index contributed by atoms with van der Waals surface area (Å²) < 4.78 is 0. The Bertz CT molecular complexity index is 684. The average Bonchev–Trinajstić information content (AvgIpc) is 3.33. The third-order valence-electron chi connectivity index (χ3n) is 4.28. The van der Waals surface area contributed by atoms with Crippen molar-refractivity contribution in [3.8, 4) is 0 Å². The Kier molecular flexibility index (Phi) is 4.42. The average molecular weight is 309 g/mol. The lowest BCUT2D eigenvalue weighted by Crippen LogP contribution is -2.33. The molecule has 3 rings (SSSR count). The molecule has 0 bridgehead atoms. The highest BCUT2D eigenvalue weighted by molar-refractivity contribution is 5.84. The lowest BCUT2D eigenvalue weighted by molar-refractivity contribution is -0.142. The second kappa shape index (κ2) is 6.65. The number of rotatable bonds is 6. The van der Waals surface area contributed by atoms with Gasteiger partial charge in [0.15, 0.2) is 6.04 Å². The second-order valence-corrected chi connectivity index (χ2v) is 5.97. The lowest BCUT2D eigenvalue weighted by atomic mass is 10.1. The first kappa shape index (κ1) is 15.3. The zero-order valence-electron chi connectivity index (χ0n) is 12.7. The lowest BCUT2D eigenvalue weighted by Gasteiger charge is -2.14. The van der Waals surface area contributed by atoms with Crippen LogP contribution in [-0.4, -0.2) is 17.0 Å². The molecule has 1 aliphatic rings. The van der Waals surface area contributed by atoms with Crippen LogP contribution in [0.1, 0.15) is 35.9 Å². The van der Waals surface area contributed by atoms with E-state index < -0.39 is 12.0 Å². The SMILES string of the molecule is O=C(C[C@@H]1C[C@H]1c1ccccc1)N[C@H](C(=O)O)c1ccccc1. The van der Waals surface area contributed by atoms with Crippen LogP contribution in [0.4, 0.5) is 0 Å². The molecule has 0 radical (unpaired) electrons. The van der Waals surface area contributed by atoms with Crippen LogP contribution in [0.3, 0.4) is 0 Å². The Labute approximate surface area is 135 Å². The summed E-state index contributed by atoms with van der Waals surface area (Å²) in [6.07, 6.45) is 1.36. The number of benzene rings is 2. The molecule has 2 N–H and O–H groups in total. The molecule has 0 heterocycles. The zero-order valence-corrected chi connectivity index (χ0v) is 12.7. The fraction of sp³-hybridized carbons (Fsp3) is 0.263. The van der Waals surface area contributed by atoms with E-state index in [0.717, 1.165) is 6.42 Å². The first-order chi connectivity index (χ1) is 11.1. The molecule has 1 amide bonds. The minimum Gasteiger partial charge on any atom is -0.479 e. The number of hydrogen-bond acceptors (Lipinski definition) is 2. The van der Waals surface area contributed by atoms with Crippen molar-refractivity contribution < 1.29 is 14.7 Å². The van der Waals surface area contributed by atoms with Gasteiger partial charge in [0.05, 0.1) is 0 Å². The molecule has 0 unspecified atom stereocenters. The predicted octanol–water partition coefficient (Wildman–Crippen LogP) is 3.12. The van der Waals surface area contributed by atoms with Gasteiger partial charge in [0.25, 0.3) is 0 Å². The van der Waals surface area contributed by atoms with Crippen LogP contribution in [0.15, 0.2) is 60.7 Å². The number of amides is 1. The molecule has 1 fully saturated rings. The topological polar surface area (TPSA) is 66.4 Å². The quantitative estimate of drug-likeness (QED) is 0.861. The molecule has 4 heteroatoms. The maximum absolute atomic E-state index is 12.2. The van der Waals surface area contributed by atoms with Crippen molar-refractivity contribution >= 4 is 11.9 Å². The molecule has 1 saturated carbocycles. The Hall–Kier alpha value is -2.62. The minimum absolute atomic E-state index is 0.204. The maximum Gasteiger partial charge on any atom is 0.330 e. The molecule has 2 aromatic rings. The van der Waals surface area contributed by atoms with Gasteiger partial charge in [-0.2, -0.15) is 0 Å². The number of carboxylic acids is 1. The summed E-state index contributed by atoms with van der Waals surface area (Å²) in [5.74, 6) is -0.519. The molecule has 0 saturated heterocycles. The van der Waals surface area contributed by atoms with Gasteiger partial charge in [0.2, 0.25) is 5.91 Å². The summed E-state index contributed by atoms with van der Waals surface area (Å²) in [4.78, 5) is 23.6. The molecule has 0 aliphatic heterocycles. The number of nitrogens with one attached hydrogen (secondary N) is 1. The third kappa shape index (κ3) is 3.77. The summed E-state index contributed by atoms with van der Waals surface area (Å²) in [5.41, 5.74) is 1.84. The molecular formula is C19H19NO3. The van der Waals surface area contributed by atoms with Crippen LogP contribution in [-0.2, 0) is 9.59 Å². The van der Waals surface area contributed by atoms with Gasteiger partial charge >= 0.3 is 5.97 Å². The van der Waals surface area contributed by atoms with Crippen molar-refractivity contribution in [3.63, 3.8) is 0 Å². The van der Waals surface area contributed by atoms with Crippen molar-refractivity contribution in [2.24, 2.45) is 5.92 Å². The Morgan fingerprint density at radius 1 is 1.04 bits per heavy atom. The monoisotopic (exact) mass is 309 g/mol. The second-order valence-electron chi connectivity index (χ2n) is 5.97. The first-order valence-corrected chi connectivity index (χ1v) is 7.77. The zero-order chi connectivity index (χ0) is 16.2. The maximum atomic E-state index is 12.2. The molecule has 118 valence electrons. The van der Waals surface area contributed by atoms with Crippen LogP contribution in [0.5, 0.6) is 0 Å². The Morgan fingerprint density at radius 3 is 2.26 bits per heavy atom. The summed E-state index contributed by atoms with van der Waals surface area (Å²) in [6.45, 7) is 0. The molecule has 2 aromatic carbocycles. The number of carbonyl (C=O) groups is 2. The number of carboxylic acid groups (broad SMARTS) is 1. The van der Waals surface area contributed by atoms with Gasteiger partial charge in [-0.15, -0.1) is 0 Å². The third-order valence-corrected chi connectivity index (χ3v) is 4.28. The number of aliphatic carboxylic acids is 1. The molecular weight excluding hydrogens is 290 g/mol. The molecule has 0 aromatic heterocycles. The van der Waals surface area contributed by atoms with Crippen LogP contribution >= 0.6 is 0 Å². The van der Waals surface area contributed by atoms with Gasteiger partial charge < -0.3 is 10.4 Å². The van der Waals surface area contributed by atoms with E-state index in [1.54, 1.807) is 24.3 Å². The van der Waals surface area contributed by atoms with Crippen LogP contribution in [0.2, 0.25) is 0 Å². The summed E-state index contributed by atoms with van der Waals surface area (Å²) >= 11 is 0. The summed E-state index contributed by atoms with van der Waals surface area (Å²) in [7, 11) is 0. The van der Waals surface area contributed by atoms with E-state index in [1.165, 1.54) is 5.56 Å². The van der Waals surface area contributed by atoms with Crippen molar-refractivity contribution in [2.75, 3.05) is 0 Å². The minimum atomic E-state index is -1.04. The summed E-state index contributed by atoms with van der Waals surface area (Å²) in [6, 6.07) is 17.9. The van der Waals surface area contributed by atoms with Crippen molar-refractivity contribution in [1.82, 2.24) is 5.32 Å².